The van der Waals surface area contributed by atoms with Crippen LogP contribution in [-0.2, 0) is 0 Å². The molecule has 1 fully saturated rings. The summed E-state index contributed by atoms with van der Waals surface area (Å²) >= 11 is 1.57. The van der Waals surface area contributed by atoms with Crippen LogP contribution in [0.3, 0.4) is 0 Å². The molecule has 0 bridgehead atoms. The molecule has 1 aromatic heterocycles. The predicted octanol–water partition coefficient (Wildman–Crippen LogP) is 1.97. The number of rotatable bonds is 4. The summed E-state index contributed by atoms with van der Waals surface area (Å²) in [5.74, 6) is 1.32. The molecule has 0 saturated carbocycles. The van der Waals surface area contributed by atoms with E-state index in [0.29, 0.717) is 36.7 Å². The van der Waals surface area contributed by atoms with Crippen molar-refractivity contribution in [2.45, 2.75) is 6.10 Å². The highest BCUT2D eigenvalue weighted by Gasteiger charge is 2.25. The first-order chi connectivity index (χ1) is 12.2. The van der Waals surface area contributed by atoms with E-state index in [1.807, 2.05) is 22.4 Å². The number of fused-ring (bicyclic) bond motifs is 1. The van der Waals surface area contributed by atoms with Crippen molar-refractivity contribution in [3.8, 4) is 11.5 Å². The number of nitrogens with zero attached hydrogens (tertiary/aromatic N) is 2. The van der Waals surface area contributed by atoms with Crippen LogP contribution in [-0.4, -0.2) is 60.3 Å². The lowest BCUT2D eigenvalue weighted by atomic mass is 10.1. The molecule has 0 spiro atoms. The van der Waals surface area contributed by atoms with Gasteiger partial charge in [-0.3, -0.25) is 9.69 Å². The Bertz CT molecular complexity index is 742. The van der Waals surface area contributed by atoms with E-state index in [1.54, 1.807) is 29.5 Å². The van der Waals surface area contributed by atoms with Crippen molar-refractivity contribution in [2.24, 2.45) is 0 Å². The van der Waals surface area contributed by atoms with Crippen molar-refractivity contribution in [2.75, 3.05) is 39.5 Å². The Morgan fingerprint density at radius 3 is 2.72 bits per heavy atom. The first-order valence-corrected chi connectivity index (χ1v) is 9.21. The van der Waals surface area contributed by atoms with Crippen LogP contribution < -0.4 is 9.47 Å². The third-order valence-corrected chi connectivity index (χ3v) is 5.56. The lowest BCUT2D eigenvalue weighted by molar-refractivity contribution is 0.0532. The first kappa shape index (κ1) is 16.4. The lowest BCUT2D eigenvalue weighted by Gasteiger charge is -2.35. The molecule has 1 saturated heterocycles. The van der Waals surface area contributed by atoms with Crippen molar-refractivity contribution in [3.63, 3.8) is 0 Å². The van der Waals surface area contributed by atoms with E-state index in [2.05, 4.69) is 4.90 Å². The number of hydrogen-bond donors (Lipinski definition) is 1. The van der Waals surface area contributed by atoms with Crippen LogP contribution in [0.5, 0.6) is 11.5 Å². The molecule has 132 valence electrons. The Hall–Kier alpha value is -2.09. The smallest absolute Gasteiger partial charge is 0.254 e. The predicted molar refractivity (Wildman–Crippen MR) is 94.2 cm³/mol. The Kier molecular flexibility index (Phi) is 4.61. The largest absolute Gasteiger partial charge is 0.454 e. The van der Waals surface area contributed by atoms with Crippen molar-refractivity contribution in [1.29, 1.82) is 0 Å². The second-order valence-electron chi connectivity index (χ2n) is 6.19. The van der Waals surface area contributed by atoms with Crippen LogP contribution in [0.15, 0.2) is 35.7 Å². The highest BCUT2D eigenvalue weighted by Crippen LogP contribution is 2.33. The molecule has 2 aromatic rings. The number of carbonyl (C=O) groups is 1. The van der Waals surface area contributed by atoms with Crippen molar-refractivity contribution >= 4 is 17.2 Å². The molecule has 25 heavy (non-hydrogen) atoms. The van der Waals surface area contributed by atoms with Crippen molar-refractivity contribution < 1.29 is 19.4 Å². The number of β-amino-alcohol motifs (C(OH)–C–C–N with tert-alkyl or cyclic N) is 1. The average molecular weight is 360 g/mol. The maximum Gasteiger partial charge on any atom is 0.254 e. The Morgan fingerprint density at radius 2 is 1.96 bits per heavy atom. The van der Waals surface area contributed by atoms with Crippen LogP contribution in [0.2, 0.25) is 0 Å². The number of benzene rings is 1. The molecule has 1 aromatic carbocycles. The number of piperazine rings is 1. The molecule has 6 nitrogen and oxygen atoms in total. The standard InChI is InChI=1S/C18H20N2O4S/c21-14(17-2-1-9-25-17)11-19-5-7-20(8-6-19)18(22)13-3-4-15-16(10-13)24-12-23-15/h1-4,9-10,14,21H,5-8,11-12H2/t14-/m0/s1. The van der Waals surface area contributed by atoms with Gasteiger partial charge in [0.05, 0.1) is 0 Å². The van der Waals surface area contributed by atoms with Gasteiger partial charge in [0.25, 0.3) is 5.91 Å². The summed E-state index contributed by atoms with van der Waals surface area (Å²) in [6.07, 6.45) is -0.462. The topological polar surface area (TPSA) is 62.2 Å². The normalized spacial score (nSPS) is 18.4. The van der Waals surface area contributed by atoms with Gasteiger partial charge < -0.3 is 19.5 Å². The zero-order valence-electron chi connectivity index (χ0n) is 13.8. The zero-order chi connectivity index (χ0) is 17.2. The third kappa shape index (κ3) is 3.49. The molecule has 1 atom stereocenters. The number of aliphatic hydroxyl groups excluding tert-OH is 1. The van der Waals surface area contributed by atoms with Gasteiger partial charge >= 0.3 is 0 Å². The number of thiophene rings is 1. The maximum atomic E-state index is 12.7. The summed E-state index contributed by atoms with van der Waals surface area (Å²) in [6, 6.07) is 9.21. The van der Waals surface area contributed by atoms with E-state index in [1.165, 1.54) is 0 Å². The van der Waals surface area contributed by atoms with Crippen LogP contribution in [0.1, 0.15) is 21.3 Å². The fourth-order valence-electron chi connectivity index (χ4n) is 3.16. The molecule has 0 radical (unpaired) electrons. The van der Waals surface area contributed by atoms with E-state index in [0.717, 1.165) is 18.0 Å². The van der Waals surface area contributed by atoms with E-state index in [9.17, 15) is 9.90 Å². The van der Waals surface area contributed by atoms with Crippen LogP contribution in [0.25, 0.3) is 0 Å². The minimum atomic E-state index is -0.462. The Labute approximate surface area is 150 Å². The minimum Gasteiger partial charge on any atom is -0.454 e. The maximum absolute atomic E-state index is 12.7. The van der Waals surface area contributed by atoms with E-state index in [-0.39, 0.29) is 12.7 Å². The SMILES string of the molecule is O=C(c1ccc2c(c1)OCO2)N1CCN(C[C@H](O)c2cccs2)CC1. The zero-order valence-corrected chi connectivity index (χ0v) is 14.6. The van der Waals surface area contributed by atoms with Crippen molar-refractivity contribution in [3.05, 3.63) is 46.2 Å². The molecule has 3 heterocycles. The van der Waals surface area contributed by atoms with Gasteiger partial charge in [-0.25, -0.2) is 0 Å². The van der Waals surface area contributed by atoms with Gasteiger partial charge in [-0.05, 0) is 29.6 Å². The van der Waals surface area contributed by atoms with Gasteiger partial charge in [0.2, 0.25) is 6.79 Å². The molecular formula is C18H20N2O4S. The Morgan fingerprint density at radius 1 is 1.16 bits per heavy atom. The lowest BCUT2D eigenvalue weighted by Crippen LogP contribution is -2.49. The molecule has 4 rings (SSSR count). The van der Waals surface area contributed by atoms with Crippen molar-refractivity contribution in [1.82, 2.24) is 9.80 Å². The van der Waals surface area contributed by atoms with Gasteiger partial charge in [-0.15, -0.1) is 11.3 Å². The fraction of sp³-hybridized carbons (Fsp3) is 0.389. The summed E-state index contributed by atoms with van der Waals surface area (Å²) in [4.78, 5) is 17.7. The molecule has 1 N–H and O–H groups in total. The molecule has 0 unspecified atom stereocenters. The number of amides is 1. The quantitative estimate of drug-likeness (QED) is 0.903. The van der Waals surface area contributed by atoms with Crippen LogP contribution >= 0.6 is 11.3 Å². The number of hydrogen-bond acceptors (Lipinski definition) is 6. The van der Waals surface area contributed by atoms with E-state index < -0.39 is 6.10 Å². The molecule has 0 aliphatic carbocycles. The summed E-state index contributed by atoms with van der Waals surface area (Å²) in [5.41, 5.74) is 0.622. The number of carbonyl (C=O) groups excluding carboxylic acids is 1. The highest BCUT2D eigenvalue weighted by atomic mass is 32.1. The Balaban J connectivity index is 1.33. The fourth-order valence-corrected chi connectivity index (χ4v) is 3.86. The molecule has 2 aliphatic heterocycles. The van der Waals surface area contributed by atoms with E-state index in [4.69, 9.17) is 9.47 Å². The monoisotopic (exact) mass is 360 g/mol. The van der Waals surface area contributed by atoms with Gasteiger partial charge in [0.15, 0.2) is 11.5 Å². The third-order valence-electron chi connectivity index (χ3n) is 4.58. The highest BCUT2D eigenvalue weighted by molar-refractivity contribution is 7.10. The van der Waals surface area contributed by atoms with Gasteiger partial charge in [0.1, 0.15) is 6.10 Å². The molecular weight excluding hydrogens is 340 g/mol. The van der Waals surface area contributed by atoms with Gasteiger partial charge in [0, 0.05) is 43.2 Å². The summed E-state index contributed by atoms with van der Waals surface area (Å²) in [5, 5.41) is 12.2. The summed E-state index contributed by atoms with van der Waals surface area (Å²) < 4.78 is 10.6. The molecule has 7 heteroatoms. The number of ether oxygens (including phenoxy) is 2. The first-order valence-electron chi connectivity index (χ1n) is 8.33. The van der Waals surface area contributed by atoms with Crippen LogP contribution in [0.4, 0.5) is 0 Å². The summed E-state index contributed by atoms with van der Waals surface area (Å²) in [6.45, 7) is 3.65. The summed E-state index contributed by atoms with van der Waals surface area (Å²) in [7, 11) is 0. The molecule has 2 aliphatic rings. The minimum absolute atomic E-state index is 0.0109. The van der Waals surface area contributed by atoms with E-state index >= 15 is 0 Å². The van der Waals surface area contributed by atoms with Crippen LogP contribution in [0, 0.1) is 0 Å². The van der Waals surface area contributed by atoms with Gasteiger partial charge in [-0.1, -0.05) is 6.07 Å². The second kappa shape index (κ2) is 7.03. The molecule has 1 amide bonds. The number of aliphatic hydroxyl groups is 1. The second-order valence-corrected chi connectivity index (χ2v) is 7.17. The average Bonchev–Trinajstić information content (AvgIpc) is 3.32. The van der Waals surface area contributed by atoms with Gasteiger partial charge in [-0.2, -0.15) is 0 Å².